The Hall–Kier alpha value is -0.870. The molecule has 3 atom stereocenters. The Morgan fingerprint density at radius 1 is 1.32 bits per heavy atom. The van der Waals surface area contributed by atoms with Crippen LogP contribution in [0, 0.1) is 5.92 Å². The van der Waals surface area contributed by atoms with Gasteiger partial charge < -0.3 is 5.32 Å². The molecule has 0 radical (unpaired) electrons. The fourth-order valence-electron chi connectivity index (χ4n) is 2.73. The monoisotopic (exact) mass is 281 g/mol. The zero-order chi connectivity index (χ0) is 13.9. The van der Waals surface area contributed by atoms with Gasteiger partial charge in [-0.25, -0.2) is 8.42 Å². The third kappa shape index (κ3) is 4.32. The lowest BCUT2D eigenvalue weighted by molar-refractivity contribution is 0.483. The first kappa shape index (κ1) is 14.5. The quantitative estimate of drug-likeness (QED) is 0.833. The molecule has 0 spiro atoms. The summed E-state index contributed by atoms with van der Waals surface area (Å²) in [5.74, 6) is 1.24. The zero-order valence-electron chi connectivity index (χ0n) is 11.7. The van der Waals surface area contributed by atoms with E-state index in [4.69, 9.17) is 0 Å². The van der Waals surface area contributed by atoms with Crippen molar-refractivity contribution in [3.63, 3.8) is 0 Å². The Bertz CT molecular complexity index is 498. The van der Waals surface area contributed by atoms with Gasteiger partial charge in [0.05, 0.1) is 5.75 Å². The molecular formula is C15H23NO2S. The van der Waals surface area contributed by atoms with Crippen LogP contribution in [0.1, 0.15) is 31.2 Å². The van der Waals surface area contributed by atoms with E-state index in [1.807, 2.05) is 6.07 Å². The van der Waals surface area contributed by atoms with E-state index in [0.717, 1.165) is 19.4 Å². The average molecular weight is 281 g/mol. The van der Waals surface area contributed by atoms with E-state index in [1.165, 1.54) is 11.8 Å². The minimum atomic E-state index is -2.93. The van der Waals surface area contributed by atoms with E-state index in [2.05, 4.69) is 36.5 Å². The Kier molecular flexibility index (Phi) is 4.63. The number of benzene rings is 1. The molecule has 0 amide bonds. The predicted molar refractivity (Wildman–Crippen MR) is 79.1 cm³/mol. The molecule has 2 rings (SSSR count). The van der Waals surface area contributed by atoms with Crippen molar-refractivity contribution < 1.29 is 8.42 Å². The first-order valence-electron chi connectivity index (χ1n) is 6.97. The third-order valence-electron chi connectivity index (χ3n) is 3.72. The Morgan fingerprint density at radius 2 is 2.00 bits per heavy atom. The standard InChI is InChI=1S/C15H23NO2S/c1-3-9-16-15(11-19(2,17)18)14-10-13(14)12-7-5-4-6-8-12/h4-8,13-16H,3,9-11H2,1-2H3. The number of nitrogens with one attached hydrogen (secondary N) is 1. The van der Waals surface area contributed by atoms with Gasteiger partial charge in [-0.3, -0.25) is 0 Å². The lowest BCUT2D eigenvalue weighted by Gasteiger charge is -2.17. The molecule has 3 unspecified atom stereocenters. The van der Waals surface area contributed by atoms with Crippen LogP contribution in [0.2, 0.25) is 0 Å². The molecule has 19 heavy (non-hydrogen) atoms. The van der Waals surface area contributed by atoms with Crippen LogP contribution in [0.5, 0.6) is 0 Å². The molecule has 1 saturated carbocycles. The van der Waals surface area contributed by atoms with E-state index in [0.29, 0.717) is 11.8 Å². The molecule has 0 aromatic heterocycles. The van der Waals surface area contributed by atoms with Crippen LogP contribution >= 0.6 is 0 Å². The van der Waals surface area contributed by atoms with E-state index < -0.39 is 9.84 Å². The molecule has 0 heterocycles. The van der Waals surface area contributed by atoms with E-state index in [-0.39, 0.29) is 11.8 Å². The molecule has 0 aliphatic heterocycles. The van der Waals surface area contributed by atoms with Gasteiger partial charge in [-0.2, -0.15) is 0 Å². The summed E-state index contributed by atoms with van der Waals surface area (Å²) < 4.78 is 23.1. The van der Waals surface area contributed by atoms with Crippen molar-refractivity contribution in [1.29, 1.82) is 0 Å². The molecule has 1 aliphatic rings. The lowest BCUT2D eigenvalue weighted by atomic mass is 10.1. The van der Waals surface area contributed by atoms with Gasteiger partial charge in [0.15, 0.2) is 0 Å². The first-order valence-corrected chi connectivity index (χ1v) is 9.03. The molecule has 3 nitrogen and oxygen atoms in total. The summed E-state index contributed by atoms with van der Waals surface area (Å²) in [7, 11) is -2.93. The van der Waals surface area contributed by atoms with Crippen LogP contribution in [0.4, 0.5) is 0 Å². The SMILES string of the molecule is CCCNC(CS(C)(=O)=O)C1CC1c1ccccc1. The molecule has 0 saturated heterocycles. The van der Waals surface area contributed by atoms with Crippen LogP contribution in [-0.4, -0.2) is 33.0 Å². The summed E-state index contributed by atoms with van der Waals surface area (Å²) in [5.41, 5.74) is 1.34. The van der Waals surface area contributed by atoms with Crippen LogP contribution < -0.4 is 5.32 Å². The Morgan fingerprint density at radius 3 is 2.58 bits per heavy atom. The average Bonchev–Trinajstić information content (AvgIpc) is 3.14. The molecule has 1 N–H and O–H groups in total. The normalized spacial score (nSPS) is 24.1. The van der Waals surface area contributed by atoms with Gasteiger partial charge in [0, 0.05) is 12.3 Å². The lowest BCUT2D eigenvalue weighted by Crippen LogP contribution is -2.38. The minimum absolute atomic E-state index is 0.0974. The summed E-state index contributed by atoms with van der Waals surface area (Å²) in [6.45, 7) is 2.99. The van der Waals surface area contributed by atoms with Gasteiger partial charge in [-0.05, 0) is 36.8 Å². The maximum absolute atomic E-state index is 11.5. The van der Waals surface area contributed by atoms with Crippen LogP contribution in [0.15, 0.2) is 30.3 Å². The highest BCUT2D eigenvalue weighted by molar-refractivity contribution is 7.90. The maximum Gasteiger partial charge on any atom is 0.148 e. The summed E-state index contributed by atoms with van der Waals surface area (Å²) >= 11 is 0. The molecule has 4 heteroatoms. The summed E-state index contributed by atoms with van der Waals surface area (Å²) in [4.78, 5) is 0. The topological polar surface area (TPSA) is 46.2 Å². The Labute approximate surface area is 116 Å². The summed E-state index contributed by atoms with van der Waals surface area (Å²) in [6.07, 6.45) is 3.46. The van der Waals surface area contributed by atoms with Gasteiger partial charge in [-0.15, -0.1) is 0 Å². The van der Waals surface area contributed by atoms with E-state index >= 15 is 0 Å². The smallest absolute Gasteiger partial charge is 0.148 e. The highest BCUT2D eigenvalue weighted by atomic mass is 32.2. The fraction of sp³-hybridized carbons (Fsp3) is 0.600. The highest BCUT2D eigenvalue weighted by Gasteiger charge is 2.44. The molecule has 1 aliphatic carbocycles. The number of rotatable bonds is 7. The van der Waals surface area contributed by atoms with Crippen molar-refractivity contribution >= 4 is 9.84 Å². The summed E-state index contributed by atoms with van der Waals surface area (Å²) in [5, 5.41) is 3.41. The number of hydrogen-bond donors (Lipinski definition) is 1. The molecule has 0 bridgehead atoms. The van der Waals surface area contributed by atoms with Crippen molar-refractivity contribution in [2.24, 2.45) is 5.92 Å². The highest BCUT2D eigenvalue weighted by Crippen LogP contribution is 2.49. The third-order valence-corrected chi connectivity index (χ3v) is 4.69. The molecular weight excluding hydrogens is 258 g/mol. The number of hydrogen-bond acceptors (Lipinski definition) is 3. The largest absolute Gasteiger partial charge is 0.313 e. The maximum atomic E-state index is 11.5. The second kappa shape index (κ2) is 6.06. The van der Waals surface area contributed by atoms with Crippen LogP contribution in [0.3, 0.4) is 0 Å². The number of sulfone groups is 1. The van der Waals surface area contributed by atoms with Crippen molar-refractivity contribution in [2.45, 2.75) is 31.7 Å². The van der Waals surface area contributed by atoms with E-state index in [9.17, 15) is 8.42 Å². The zero-order valence-corrected chi connectivity index (χ0v) is 12.5. The second-order valence-electron chi connectivity index (χ2n) is 5.57. The molecule has 106 valence electrons. The van der Waals surface area contributed by atoms with Crippen molar-refractivity contribution in [3.8, 4) is 0 Å². The van der Waals surface area contributed by atoms with Gasteiger partial charge in [0.2, 0.25) is 0 Å². The van der Waals surface area contributed by atoms with Crippen LogP contribution in [-0.2, 0) is 9.84 Å². The molecule has 1 aromatic rings. The van der Waals surface area contributed by atoms with Gasteiger partial charge in [0.25, 0.3) is 0 Å². The van der Waals surface area contributed by atoms with E-state index in [1.54, 1.807) is 0 Å². The van der Waals surface area contributed by atoms with Crippen LogP contribution in [0.25, 0.3) is 0 Å². The molecule has 1 aromatic carbocycles. The minimum Gasteiger partial charge on any atom is -0.313 e. The van der Waals surface area contributed by atoms with Gasteiger partial charge in [-0.1, -0.05) is 37.3 Å². The van der Waals surface area contributed by atoms with Gasteiger partial charge in [0.1, 0.15) is 9.84 Å². The van der Waals surface area contributed by atoms with Gasteiger partial charge >= 0.3 is 0 Å². The molecule has 1 fully saturated rings. The fourth-order valence-corrected chi connectivity index (χ4v) is 3.75. The Balaban J connectivity index is 2.01. The van der Waals surface area contributed by atoms with Crippen molar-refractivity contribution in [1.82, 2.24) is 5.32 Å². The van der Waals surface area contributed by atoms with Crippen molar-refractivity contribution in [3.05, 3.63) is 35.9 Å². The predicted octanol–water partition coefficient (Wildman–Crippen LogP) is 2.20. The first-order chi connectivity index (χ1) is 9.01. The summed E-state index contributed by atoms with van der Waals surface area (Å²) in [6, 6.07) is 10.5. The van der Waals surface area contributed by atoms with Crippen molar-refractivity contribution in [2.75, 3.05) is 18.6 Å². The second-order valence-corrected chi connectivity index (χ2v) is 7.75.